The number of aromatic nitrogens is 1. The van der Waals surface area contributed by atoms with Crippen molar-refractivity contribution in [2.75, 3.05) is 16.7 Å². The number of benzene rings is 1. The van der Waals surface area contributed by atoms with Crippen LogP contribution in [-0.4, -0.2) is 19.7 Å². The van der Waals surface area contributed by atoms with Crippen molar-refractivity contribution in [3.05, 3.63) is 16.6 Å². The molecule has 0 atom stereocenters. The van der Waals surface area contributed by atoms with Crippen LogP contribution in [0, 0.1) is 0 Å². The summed E-state index contributed by atoms with van der Waals surface area (Å²) in [5.74, 6) is 0. The minimum Gasteiger partial charge on any atom is -0.375 e. The molecule has 0 radical (unpaired) electrons. The summed E-state index contributed by atoms with van der Waals surface area (Å²) in [7, 11) is -3.27. The lowest BCUT2D eigenvalue weighted by Crippen LogP contribution is -2.09. The number of nitrogens with two attached hydrogens (primary N) is 1. The summed E-state index contributed by atoms with van der Waals surface area (Å²) >= 11 is 4.63. The van der Waals surface area contributed by atoms with Gasteiger partial charge in [-0.25, -0.2) is 13.4 Å². The molecule has 0 aliphatic rings. The summed E-state index contributed by atoms with van der Waals surface area (Å²) in [6.45, 7) is 0. The average molecular weight is 322 g/mol. The molecule has 0 saturated carbocycles. The van der Waals surface area contributed by atoms with E-state index in [0.717, 1.165) is 16.5 Å². The molecule has 2 rings (SSSR count). The van der Waals surface area contributed by atoms with Crippen molar-refractivity contribution >= 4 is 58.3 Å². The standard InChI is InChI=1S/C8H8BrN3O2S2/c1-16(13,14)12-4-2-5(9)7-6(3-4)15-8(10)11-7/h2-3,12H,1H3,(H2,10,11). The van der Waals surface area contributed by atoms with Crippen LogP contribution >= 0.6 is 27.3 Å². The van der Waals surface area contributed by atoms with Gasteiger partial charge < -0.3 is 5.73 Å². The van der Waals surface area contributed by atoms with Crippen molar-refractivity contribution in [1.82, 2.24) is 4.98 Å². The number of hydrogen-bond acceptors (Lipinski definition) is 5. The molecule has 0 bridgehead atoms. The summed E-state index contributed by atoms with van der Waals surface area (Å²) in [6.07, 6.45) is 1.10. The van der Waals surface area contributed by atoms with Crippen LogP contribution in [0.4, 0.5) is 10.8 Å². The monoisotopic (exact) mass is 321 g/mol. The summed E-state index contributed by atoms with van der Waals surface area (Å²) in [6, 6.07) is 3.36. The quantitative estimate of drug-likeness (QED) is 0.886. The van der Waals surface area contributed by atoms with Gasteiger partial charge in [0, 0.05) is 4.47 Å². The number of fused-ring (bicyclic) bond motifs is 1. The Hall–Kier alpha value is -0.860. The van der Waals surface area contributed by atoms with Crippen LogP contribution in [0.5, 0.6) is 0 Å². The van der Waals surface area contributed by atoms with Gasteiger partial charge in [0.1, 0.15) is 0 Å². The molecule has 2 aromatic rings. The van der Waals surface area contributed by atoms with Crippen LogP contribution < -0.4 is 10.5 Å². The van der Waals surface area contributed by atoms with E-state index in [2.05, 4.69) is 25.6 Å². The maximum atomic E-state index is 11.1. The van der Waals surface area contributed by atoms with Gasteiger partial charge in [0.25, 0.3) is 0 Å². The molecule has 1 aromatic carbocycles. The third kappa shape index (κ3) is 2.45. The van der Waals surface area contributed by atoms with Gasteiger partial charge in [0.15, 0.2) is 5.13 Å². The first-order chi connectivity index (χ1) is 7.35. The van der Waals surface area contributed by atoms with Gasteiger partial charge in [-0.15, -0.1) is 0 Å². The maximum absolute atomic E-state index is 11.1. The van der Waals surface area contributed by atoms with Crippen molar-refractivity contribution in [3.8, 4) is 0 Å². The summed E-state index contributed by atoms with van der Waals surface area (Å²) in [5, 5.41) is 0.451. The summed E-state index contributed by atoms with van der Waals surface area (Å²) in [4.78, 5) is 4.12. The molecule has 0 aliphatic heterocycles. The van der Waals surface area contributed by atoms with E-state index in [1.165, 1.54) is 11.3 Å². The van der Waals surface area contributed by atoms with Crippen molar-refractivity contribution < 1.29 is 8.42 Å². The predicted molar refractivity (Wildman–Crippen MR) is 70.2 cm³/mol. The fourth-order valence-corrected chi connectivity index (χ4v) is 3.31. The van der Waals surface area contributed by atoms with E-state index >= 15 is 0 Å². The van der Waals surface area contributed by atoms with Crippen LogP contribution in [0.25, 0.3) is 10.2 Å². The molecule has 0 saturated heterocycles. The molecule has 5 nitrogen and oxygen atoms in total. The molecular formula is C8H8BrN3O2S2. The van der Waals surface area contributed by atoms with Gasteiger partial charge in [0.05, 0.1) is 22.2 Å². The van der Waals surface area contributed by atoms with Crippen molar-refractivity contribution in [1.29, 1.82) is 0 Å². The number of hydrogen-bond donors (Lipinski definition) is 2. The number of sulfonamides is 1. The molecule has 16 heavy (non-hydrogen) atoms. The Morgan fingerprint density at radius 2 is 2.19 bits per heavy atom. The fourth-order valence-electron chi connectivity index (χ4n) is 1.28. The normalized spacial score (nSPS) is 11.9. The molecule has 0 amide bonds. The topological polar surface area (TPSA) is 85.1 Å². The number of halogens is 1. The Kier molecular flexibility index (Phi) is 2.81. The zero-order valence-corrected chi connectivity index (χ0v) is 11.4. The highest BCUT2D eigenvalue weighted by atomic mass is 79.9. The Balaban J connectivity index is 2.57. The van der Waals surface area contributed by atoms with Crippen LogP contribution in [0.2, 0.25) is 0 Å². The average Bonchev–Trinajstić information content (AvgIpc) is 2.42. The van der Waals surface area contributed by atoms with Gasteiger partial charge in [-0.2, -0.15) is 0 Å². The highest BCUT2D eigenvalue weighted by molar-refractivity contribution is 9.10. The Morgan fingerprint density at radius 3 is 2.81 bits per heavy atom. The predicted octanol–water partition coefficient (Wildman–Crippen LogP) is 2.01. The lowest BCUT2D eigenvalue weighted by Gasteiger charge is -2.04. The number of thiazole rings is 1. The minimum absolute atomic E-state index is 0.451. The molecule has 1 heterocycles. The largest absolute Gasteiger partial charge is 0.375 e. The highest BCUT2D eigenvalue weighted by Gasteiger charge is 2.09. The molecule has 0 spiro atoms. The number of nitrogens with zero attached hydrogens (tertiary/aromatic N) is 1. The first kappa shape index (κ1) is 11.6. The maximum Gasteiger partial charge on any atom is 0.229 e. The lowest BCUT2D eigenvalue weighted by molar-refractivity contribution is 0.607. The van der Waals surface area contributed by atoms with Crippen LogP contribution in [-0.2, 0) is 10.0 Å². The molecule has 1 aromatic heterocycles. The lowest BCUT2D eigenvalue weighted by atomic mass is 10.3. The van der Waals surface area contributed by atoms with E-state index in [9.17, 15) is 8.42 Å². The van der Waals surface area contributed by atoms with E-state index < -0.39 is 10.0 Å². The van der Waals surface area contributed by atoms with E-state index in [0.29, 0.717) is 15.3 Å². The second kappa shape index (κ2) is 3.86. The van der Waals surface area contributed by atoms with E-state index in [1.54, 1.807) is 12.1 Å². The van der Waals surface area contributed by atoms with E-state index in [4.69, 9.17) is 5.73 Å². The van der Waals surface area contributed by atoms with Gasteiger partial charge in [-0.05, 0) is 28.1 Å². The molecule has 0 unspecified atom stereocenters. The SMILES string of the molecule is CS(=O)(=O)Nc1cc(Br)c2nc(N)sc2c1. The van der Waals surface area contributed by atoms with Crippen LogP contribution in [0.15, 0.2) is 16.6 Å². The summed E-state index contributed by atoms with van der Waals surface area (Å²) < 4.78 is 26.1. The second-order valence-electron chi connectivity index (χ2n) is 3.23. The van der Waals surface area contributed by atoms with E-state index in [1.807, 2.05) is 0 Å². The van der Waals surface area contributed by atoms with Crippen molar-refractivity contribution in [3.63, 3.8) is 0 Å². The van der Waals surface area contributed by atoms with Gasteiger partial charge in [-0.3, -0.25) is 4.72 Å². The van der Waals surface area contributed by atoms with Crippen molar-refractivity contribution in [2.24, 2.45) is 0 Å². The molecular weight excluding hydrogens is 314 g/mol. The highest BCUT2D eigenvalue weighted by Crippen LogP contribution is 2.33. The third-order valence-corrected chi connectivity index (χ3v) is 3.81. The van der Waals surface area contributed by atoms with Gasteiger partial charge in [0.2, 0.25) is 10.0 Å². The molecule has 0 fully saturated rings. The van der Waals surface area contributed by atoms with Gasteiger partial charge in [-0.1, -0.05) is 11.3 Å². The van der Waals surface area contributed by atoms with Crippen LogP contribution in [0.3, 0.4) is 0 Å². The molecule has 0 aliphatic carbocycles. The Morgan fingerprint density at radius 1 is 1.50 bits per heavy atom. The van der Waals surface area contributed by atoms with Gasteiger partial charge >= 0.3 is 0 Å². The number of anilines is 2. The minimum atomic E-state index is -3.27. The first-order valence-corrected chi connectivity index (χ1v) is 7.68. The Bertz CT molecular complexity index is 651. The molecule has 86 valence electrons. The smallest absolute Gasteiger partial charge is 0.229 e. The van der Waals surface area contributed by atoms with Crippen LogP contribution in [0.1, 0.15) is 0 Å². The second-order valence-corrected chi connectivity index (χ2v) is 6.90. The third-order valence-electron chi connectivity index (χ3n) is 1.77. The molecule has 3 N–H and O–H groups in total. The zero-order chi connectivity index (χ0) is 11.9. The van der Waals surface area contributed by atoms with E-state index in [-0.39, 0.29) is 0 Å². The molecule has 8 heteroatoms. The fraction of sp³-hybridized carbons (Fsp3) is 0.125. The zero-order valence-electron chi connectivity index (χ0n) is 8.19. The summed E-state index contributed by atoms with van der Waals surface area (Å²) in [5.41, 5.74) is 6.81. The first-order valence-electron chi connectivity index (χ1n) is 4.18. The van der Waals surface area contributed by atoms with Crippen molar-refractivity contribution in [2.45, 2.75) is 0 Å². The Labute approximate surface area is 105 Å². The number of nitrogen functional groups attached to an aromatic ring is 1. The number of rotatable bonds is 2. The number of nitrogens with one attached hydrogen (secondary N) is 1.